The number of aliphatic imine (C=N–C) groups is 1. The molecule has 0 bridgehead atoms. The van der Waals surface area contributed by atoms with Crippen molar-refractivity contribution in [2.45, 2.75) is 12.0 Å². The van der Waals surface area contributed by atoms with Crippen molar-refractivity contribution in [1.82, 2.24) is 9.78 Å². The van der Waals surface area contributed by atoms with E-state index in [9.17, 15) is 8.78 Å². The highest BCUT2D eigenvalue weighted by Gasteiger charge is 2.50. The van der Waals surface area contributed by atoms with Crippen LogP contribution < -0.4 is 10.2 Å². The molecule has 6 nitrogen and oxygen atoms in total. The van der Waals surface area contributed by atoms with Gasteiger partial charge in [-0.05, 0) is 36.8 Å². The molecule has 6 rings (SSSR count). The molecule has 30 heavy (non-hydrogen) atoms. The van der Waals surface area contributed by atoms with Crippen LogP contribution in [0.3, 0.4) is 0 Å². The molecule has 0 radical (unpaired) electrons. The van der Waals surface area contributed by atoms with Crippen LogP contribution in [0.2, 0.25) is 5.02 Å². The van der Waals surface area contributed by atoms with Gasteiger partial charge < -0.3 is 15.0 Å². The largest absolute Gasteiger partial charge is 0.376 e. The Hall–Kier alpha value is -2.97. The molecule has 0 aliphatic carbocycles. The summed E-state index contributed by atoms with van der Waals surface area (Å²) in [5, 5.41) is 7.72. The SMILES string of the molecule is Fc1cccc(F)c1C1=Nc2c(Cl)cnn2-c2cc(N3CCC34COC4)ccc2N1. The molecule has 0 unspecified atom stereocenters. The number of amidine groups is 1. The van der Waals surface area contributed by atoms with Gasteiger partial charge in [0.15, 0.2) is 5.82 Å². The summed E-state index contributed by atoms with van der Waals surface area (Å²) in [7, 11) is 0. The Balaban J connectivity index is 1.49. The van der Waals surface area contributed by atoms with Gasteiger partial charge in [0.1, 0.15) is 22.5 Å². The molecule has 3 aliphatic rings. The number of nitrogens with zero attached hydrogens (tertiary/aromatic N) is 4. The van der Waals surface area contributed by atoms with Crippen LogP contribution in [0.25, 0.3) is 5.69 Å². The lowest BCUT2D eigenvalue weighted by Gasteiger charge is -2.59. The first-order valence-electron chi connectivity index (χ1n) is 9.59. The standard InChI is InChI=1S/C21H16ClF2N5O/c22-13-9-25-29-17-8-12(28-7-6-21(28)10-30-11-21)4-5-16(17)26-19(27-20(13)29)18-14(23)2-1-3-15(18)24/h1-5,8-9H,6-7,10-11H2,(H,26,27). The van der Waals surface area contributed by atoms with Crippen molar-refractivity contribution in [3.8, 4) is 5.69 Å². The Morgan fingerprint density at radius 1 is 1.13 bits per heavy atom. The second kappa shape index (κ2) is 6.26. The van der Waals surface area contributed by atoms with Crippen LogP contribution in [-0.4, -0.2) is 40.9 Å². The number of halogens is 3. The Morgan fingerprint density at radius 2 is 1.93 bits per heavy atom. The van der Waals surface area contributed by atoms with Gasteiger partial charge in [-0.1, -0.05) is 17.7 Å². The van der Waals surface area contributed by atoms with Crippen molar-refractivity contribution >= 4 is 34.6 Å². The van der Waals surface area contributed by atoms with Gasteiger partial charge in [0.2, 0.25) is 0 Å². The van der Waals surface area contributed by atoms with Crippen molar-refractivity contribution in [3.63, 3.8) is 0 Å². The van der Waals surface area contributed by atoms with Crippen LogP contribution in [0.4, 0.5) is 26.0 Å². The smallest absolute Gasteiger partial charge is 0.176 e. The Labute approximate surface area is 175 Å². The minimum Gasteiger partial charge on any atom is -0.376 e. The number of fused-ring (bicyclic) bond motifs is 3. The molecular formula is C21H16ClF2N5O. The van der Waals surface area contributed by atoms with E-state index < -0.39 is 11.6 Å². The summed E-state index contributed by atoms with van der Waals surface area (Å²) in [6, 6.07) is 9.55. The molecule has 1 N–H and O–H groups in total. The summed E-state index contributed by atoms with van der Waals surface area (Å²) in [4.78, 5) is 6.75. The van der Waals surface area contributed by atoms with E-state index in [0.29, 0.717) is 17.2 Å². The third-order valence-corrected chi connectivity index (χ3v) is 6.27. The molecule has 0 atom stereocenters. The predicted molar refractivity (Wildman–Crippen MR) is 110 cm³/mol. The van der Waals surface area contributed by atoms with Crippen molar-refractivity contribution in [3.05, 3.63) is 64.8 Å². The summed E-state index contributed by atoms with van der Waals surface area (Å²) in [6.45, 7) is 2.40. The molecule has 2 aromatic carbocycles. The maximum Gasteiger partial charge on any atom is 0.176 e. The normalized spacial score (nSPS) is 18.5. The number of rotatable bonds is 2. The van der Waals surface area contributed by atoms with Crippen LogP contribution in [0.1, 0.15) is 12.0 Å². The third-order valence-electron chi connectivity index (χ3n) is 6.01. The zero-order chi connectivity index (χ0) is 20.5. The number of anilines is 2. The van der Waals surface area contributed by atoms with Gasteiger partial charge in [0.05, 0.1) is 41.9 Å². The molecule has 9 heteroatoms. The highest BCUT2D eigenvalue weighted by Crippen LogP contribution is 2.43. The average Bonchev–Trinajstić information content (AvgIpc) is 2.92. The molecule has 2 fully saturated rings. The molecule has 2 saturated heterocycles. The highest BCUT2D eigenvalue weighted by atomic mass is 35.5. The van der Waals surface area contributed by atoms with Gasteiger partial charge in [0.25, 0.3) is 0 Å². The van der Waals surface area contributed by atoms with Gasteiger partial charge in [0, 0.05) is 12.2 Å². The summed E-state index contributed by atoms with van der Waals surface area (Å²) in [5.41, 5.74) is 2.19. The number of benzene rings is 2. The summed E-state index contributed by atoms with van der Waals surface area (Å²) < 4.78 is 35.9. The van der Waals surface area contributed by atoms with Crippen molar-refractivity contribution in [2.24, 2.45) is 4.99 Å². The van der Waals surface area contributed by atoms with E-state index in [1.165, 1.54) is 24.4 Å². The fourth-order valence-electron chi connectivity index (χ4n) is 4.25. The molecule has 152 valence electrons. The van der Waals surface area contributed by atoms with Crippen molar-refractivity contribution in [2.75, 3.05) is 30.0 Å². The van der Waals surface area contributed by atoms with Crippen molar-refractivity contribution in [1.29, 1.82) is 0 Å². The number of ether oxygens (including phenoxy) is 1. The number of aromatic nitrogens is 2. The second-order valence-corrected chi connectivity index (χ2v) is 8.14. The van der Waals surface area contributed by atoms with E-state index in [2.05, 4.69) is 20.3 Å². The van der Waals surface area contributed by atoms with Crippen LogP contribution in [0.5, 0.6) is 0 Å². The van der Waals surface area contributed by atoms with E-state index >= 15 is 0 Å². The molecule has 0 amide bonds. The van der Waals surface area contributed by atoms with E-state index in [4.69, 9.17) is 16.3 Å². The lowest BCUT2D eigenvalue weighted by molar-refractivity contribution is -0.0847. The third kappa shape index (κ3) is 2.44. The Kier molecular flexibility index (Phi) is 3.73. The Bertz CT molecular complexity index is 1190. The topological polar surface area (TPSA) is 54.7 Å². The number of hydrogen-bond acceptors (Lipinski definition) is 5. The zero-order valence-electron chi connectivity index (χ0n) is 15.7. The van der Waals surface area contributed by atoms with Crippen LogP contribution >= 0.6 is 11.6 Å². The highest BCUT2D eigenvalue weighted by molar-refractivity contribution is 6.33. The fraction of sp³-hybridized carbons (Fsp3) is 0.238. The first kappa shape index (κ1) is 17.9. The predicted octanol–water partition coefficient (Wildman–Crippen LogP) is 4.29. The van der Waals surface area contributed by atoms with Crippen molar-refractivity contribution < 1.29 is 13.5 Å². The second-order valence-electron chi connectivity index (χ2n) is 7.73. The molecule has 1 spiro atoms. The number of hydrogen-bond donors (Lipinski definition) is 1. The van der Waals surface area contributed by atoms with Gasteiger partial charge in [-0.2, -0.15) is 5.10 Å². The Morgan fingerprint density at radius 3 is 2.60 bits per heavy atom. The molecule has 0 saturated carbocycles. The van der Waals surface area contributed by atoms with E-state index in [1.54, 1.807) is 4.68 Å². The maximum atomic E-state index is 14.5. The molecule has 3 aromatic rings. The van der Waals surface area contributed by atoms with E-state index in [-0.39, 0.29) is 22.0 Å². The molecule has 3 aliphatic heterocycles. The van der Waals surface area contributed by atoms with E-state index in [1.807, 2.05) is 18.2 Å². The fourth-order valence-corrected chi connectivity index (χ4v) is 4.42. The van der Waals surface area contributed by atoms with Crippen LogP contribution in [-0.2, 0) is 4.74 Å². The van der Waals surface area contributed by atoms with Crippen LogP contribution in [0, 0.1) is 11.6 Å². The number of nitrogens with one attached hydrogen (secondary N) is 1. The minimum absolute atomic E-state index is 0.0357. The molecular weight excluding hydrogens is 412 g/mol. The molecule has 4 heterocycles. The summed E-state index contributed by atoms with van der Waals surface area (Å²) in [5.74, 6) is -1.08. The van der Waals surface area contributed by atoms with Gasteiger partial charge >= 0.3 is 0 Å². The van der Waals surface area contributed by atoms with E-state index in [0.717, 1.165) is 31.9 Å². The lowest BCUT2D eigenvalue weighted by atomic mass is 9.82. The monoisotopic (exact) mass is 427 g/mol. The summed E-state index contributed by atoms with van der Waals surface area (Å²) >= 11 is 6.31. The lowest BCUT2D eigenvalue weighted by Crippen LogP contribution is -2.71. The minimum atomic E-state index is -0.712. The molecule has 1 aromatic heterocycles. The zero-order valence-corrected chi connectivity index (χ0v) is 16.5. The first-order valence-corrected chi connectivity index (χ1v) is 9.97. The average molecular weight is 428 g/mol. The quantitative estimate of drug-likeness (QED) is 0.663. The maximum absolute atomic E-state index is 14.5. The van der Waals surface area contributed by atoms with Crippen LogP contribution in [0.15, 0.2) is 47.6 Å². The summed E-state index contributed by atoms with van der Waals surface area (Å²) in [6.07, 6.45) is 2.57. The first-order chi connectivity index (χ1) is 14.6. The van der Waals surface area contributed by atoms with Gasteiger partial charge in [-0.15, -0.1) is 0 Å². The van der Waals surface area contributed by atoms with Gasteiger partial charge in [-0.25, -0.2) is 18.5 Å². The van der Waals surface area contributed by atoms with Gasteiger partial charge in [-0.3, -0.25) is 0 Å².